The van der Waals surface area contributed by atoms with Crippen LogP contribution in [0.5, 0.6) is 0 Å². The van der Waals surface area contributed by atoms with Crippen LogP contribution in [-0.4, -0.2) is 40.1 Å². The van der Waals surface area contributed by atoms with E-state index in [1.54, 1.807) is 0 Å². The zero-order valence-electron chi connectivity index (χ0n) is 13.1. The predicted molar refractivity (Wildman–Crippen MR) is 83.1 cm³/mol. The second-order valence-corrected chi connectivity index (χ2v) is 6.46. The van der Waals surface area contributed by atoms with Gasteiger partial charge in [0.1, 0.15) is 0 Å². The highest BCUT2D eigenvalue weighted by atomic mass is 16.5. The van der Waals surface area contributed by atoms with Crippen LogP contribution in [0.15, 0.2) is 6.20 Å². The molecule has 0 atom stereocenters. The summed E-state index contributed by atoms with van der Waals surface area (Å²) in [6.45, 7) is 3.73. The Bertz CT molecular complexity index is 515. The largest absolute Gasteiger partial charge is 0.481 e. The smallest absolute Gasteiger partial charge is 0.306 e. The standard InChI is InChI=1S/C16H25N3O3/c1-11-15(10-17-19(11)14-6-8-22-9-7-14)18-13-4-2-12(3-5-13)16(20)21/h10,12-14,18H,2-9H2,1H3,(H,20,21). The van der Waals surface area contributed by atoms with Crippen LogP contribution in [0.1, 0.15) is 50.3 Å². The number of nitrogens with zero attached hydrogens (tertiary/aromatic N) is 2. The number of carbonyl (C=O) groups is 1. The first kappa shape index (κ1) is 15.3. The summed E-state index contributed by atoms with van der Waals surface area (Å²) in [6, 6.07) is 0.800. The molecule has 3 rings (SSSR count). The molecule has 0 radical (unpaired) electrons. The third-order valence-corrected chi connectivity index (χ3v) is 5.02. The summed E-state index contributed by atoms with van der Waals surface area (Å²) in [5.41, 5.74) is 2.26. The molecule has 2 heterocycles. The Morgan fingerprint density at radius 2 is 1.95 bits per heavy atom. The van der Waals surface area contributed by atoms with Crippen molar-refractivity contribution in [2.24, 2.45) is 5.92 Å². The fraction of sp³-hybridized carbons (Fsp3) is 0.750. The molecule has 22 heavy (non-hydrogen) atoms. The Kier molecular flexibility index (Phi) is 4.66. The number of aromatic nitrogens is 2. The summed E-state index contributed by atoms with van der Waals surface area (Å²) in [7, 11) is 0. The molecule has 0 unspecified atom stereocenters. The first-order valence-corrected chi connectivity index (χ1v) is 8.26. The maximum Gasteiger partial charge on any atom is 0.306 e. The number of ether oxygens (including phenoxy) is 1. The molecule has 1 aromatic rings. The lowest BCUT2D eigenvalue weighted by Crippen LogP contribution is -2.29. The number of carboxylic acid groups (broad SMARTS) is 1. The van der Waals surface area contributed by atoms with Crippen molar-refractivity contribution in [3.8, 4) is 0 Å². The lowest BCUT2D eigenvalue weighted by molar-refractivity contribution is -0.142. The van der Waals surface area contributed by atoms with Gasteiger partial charge in [-0.3, -0.25) is 9.48 Å². The molecule has 0 amide bonds. The van der Waals surface area contributed by atoms with Crippen LogP contribution < -0.4 is 5.32 Å². The number of hydrogen-bond acceptors (Lipinski definition) is 4. The number of anilines is 1. The molecule has 0 spiro atoms. The summed E-state index contributed by atoms with van der Waals surface area (Å²) >= 11 is 0. The van der Waals surface area contributed by atoms with E-state index in [4.69, 9.17) is 9.84 Å². The third-order valence-electron chi connectivity index (χ3n) is 5.02. The van der Waals surface area contributed by atoms with Gasteiger partial charge in [-0.25, -0.2) is 0 Å². The van der Waals surface area contributed by atoms with Gasteiger partial charge in [-0.2, -0.15) is 5.10 Å². The van der Waals surface area contributed by atoms with E-state index in [1.807, 2.05) is 6.20 Å². The lowest BCUT2D eigenvalue weighted by atomic mass is 9.86. The van der Waals surface area contributed by atoms with Gasteiger partial charge in [-0.15, -0.1) is 0 Å². The summed E-state index contributed by atoms with van der Waals surface area (Å²) in [5.74, 6) is -0.814. The summed E-state index contributed by atoms with van der Waals surface area (Å²) in [6.07, 6.45) is 7.31. The Labute approximate surface area is 130 Å². The molecule has 6 heteroatoms. The zero-order chi connectivity index (χ0) is 15.5. The van der Waals surface area contributed by atoms with Crippen LogP contribution in [-0.2, 0) is 9.53 Å². The van der Waals surface area contributed by atoms with E-state index in [9.17, 15) is 4.79 Å². The van der Waals surface area contributed by atoms with E-state index in [0.717, 1.165) is 57.4 Å². The summed E-state index contributed by atoms with van der Waals surface area (Å²) in [5, 5.41) is 17.2. The van der Waals surface area contributed by atoms with E-state index in [1.165, 1.54) is 5.69 Å². The van der Waals surface area contributed by atoms with Gasteiger partial charge in [-0.1, -0.05) is 0 Å². The predicted octanol–water partition coefficient (Wildman–Crippen LogP) is 2.60. The highest BCUT2D eigenvalue weighted by Crippen LogP contribution is 2.29. The molecule has 1 aliphatic heterocycles. The molecule has 6 nitrogen and oxygen atoms in total. The minimum Gasteiger partial charge on any atom is -0.481 e. The summed E-state index contributed by atoms with van der Waals surface area (Å²) < 4.78 is 7.53. The molecule has 2 fully saturated rings. The minimum atomic E-state index is -0.651. The second-order valence-electron chi connectivity index (χ2n) is 6.46. The highest BCUT2D eigenvalue weighted by Gasteiger charge is 2.27. The van der Waals surface area contributed by atoms with Crippen molar-refractivity contribution in [1.82, 2.24) is 9.78 Å². The fourth-order valence-corrected chi connectivity index (χ4v) is 3.57. The quantitative estimate of drug-likeness (QED) is 0.894. The van der Waals surface area contributed by atoms with E-state index < -0.39 is 5.97 Å². The van der Waals surface area contributed by atoms with Crippen molar-refractivity contribution in [2.75, 3.05) is 18.5 Å². The third kappa shape index (κ3) is 3.27. The molecule has 122 valence electrons. The average Bonchev–Trinajstić information content (AvgIpc) is 2.90. The van der Waals surface area contributed by atoms with Crippen molar-refractivity contribution >= 4 is 11.7 Å². The number of carboxylic acids is 1. The van der Waals surface area contributed by atoms with Gasteiger partial charge >= 0.3 is 5.97 Å². The van der Waals surface area contributed by atoms with Crippen LogP contribution in [0.2, 0.25) is 0 Å². The Morgan fingerprint density at radius 1 is 1.27 bits per heavy atom. The van der Waals surface area contributed by atoms with E-state index in [-0.39, 0.29) is 5.92 Å². The lowest BCUT2D eigenvalue weighted by Gasteiger charge is -2.28. The molecular weight excluding hydrogens is 282 g/mol. The molecule has 1 saturated carbocycles. The minimum absolute atomic E-state index is 0.163. The van der Waals surface area contributed by atoms with Gasteiger partial charge in [0.2, 0.25) is 0 Å². The van der Waals surface area contributed by atoms with Crippen molar-refractivity contribution in [3.05, 3.63) is 11.9 Å². The Hall–Kier alpha value is -1.56. The Balaban J connectivity index is 1.59. The summed E-state index contributed by atoms with van der Waals surface area (Å²) in [4.78, 5) is 11.0. The molecule has 0 bridgehead atoms. The second kappa shape index (κ2) is 6.69. The van der Waals surface area contributed by atoms with Gasteiger partial charge in [0.15, 0.2) is 0 Å². The van der Waals surface area contributed by atoms with Crippen LogP contribution in [0.4, 0.5) is 5.69 Å². The van der Waals surface area contributed by atoms with Crippen molar-refractivity contribution in [2.45, 2.75) is 57.5 Å². The monoisotopic (exact) mass is 307 g/mol. The van der Waals surface area contributed by atoms with Gasteiger partial charge in [0.25, 0.3) is 0 Å². The first-order valence-electron chi connectivity index (χ1n) is 8.26. The Morgan fingerprint density at radius 3 is 2.59 bits per heavy atom. The number of rotatable bonds is 4. The molecule has 1 saturated heterocycles. The topological polar surface area (TPSA) is 76.4 Å². The van der Waals surface area contributed by atoms with Crippen LogP contribution >= 0.6 is 0 Å². The van der Waals surface area contributed by atoms with Gasteiger partial charge in [0, 0.05) is 19.3 Å². The van der Waals surface area contributed by atoms with Crippen molar-refractivity contribution in [1.29, 1.82) is 0 Å². The number of hydrogen-bond donors (Lipinski definition) is 2. The maximum atomic E-state index is 11.0. The average molecular weight is 307 g/mol. The molecule has 0 aromatic carbocycles. The van der Waals surface area contributed by atoms with Crippen molar-refractivity contribution < 1.29 is 14.6 Å². The molecule has 2 aliphatic rings. The molecule has 1 aromatic heterocycles. The van der Waals surface area contributed by atoms with Crippen LogP contribution in [0.25, 0.3) is 0 Å². The number of aliphatic carboxylic acids is 1. The van der Waals surface area contributed by atoms with Crippen LogP contribution in [0, 0.1) is 12.8 Å². The molecule has 1 aliphatic carbocycles. The highest BCUT2D eigenvalue weighted by molar-refractivity contribution is 5.70. The van der Waals surface area contributed by atoms with Gasteiger partial charge < -0.3 is 15.2 Å². The first-order chi connectivity index (χ1) is 10.6. The number of nitrogens with one attached hydrogen (secondary N) is 1. The SMILES string of the molecule is Cc1c(NC2CCC(C(=O)O)CC2)cnn1C1CCOCC1. The van der Waals surface area contributed by atoms with Crippen LogP contribution in [0.3, 0.4) is 0 Å². The van der Waals surface area contributed by atoms with E-state index >= 15 is 0 Å². The van der Waals surface area contributed by atoms with E-state index in [0.29, 0.717) is 12.1 Å². The van der Waals surface area contributed by atoms with Gasteiger partial charge in [-0.05, 0) is 45.4 Å². The fourth-order valence-electron chi connectivity index (χ4n) is 3.57. The van der Waals surface area contributed by atoms with E-state index in [2.05, 4.69) is 22.0 Å². The zero-order valence-corrected chi connectivity index (χ0v) is 13.1. The van der Waals surface area contributed by atoms with Crippen molar-refractivity contribution in [3.63, 3.8) is 0 Å². The van der Waals surface area contributed by atoms with Gasteiger partial charge in [0.05, 0.1) is 29.5 Å². The maximum absolute atomic E-state index is 11.0. The molecule has 2 N–H and O–H groups in total. The molecular formula is C16H25N3O3. The normalized spacial score (nSPS) is 26.8.